The number of para-hydroxylation sites is 1. The molecule has 1 aliphatic rings. The summed E-state index contributed by atoms with van der Waals surface area (Å²) >= 11 is 0. The van der Waals surface area contributed by atoms with Gasteiger partial charge in [0.25, 0.3) is 0 Å². The quantitative estimate of drug-likeness (QED) is 0.547. The van der Waals surface area contributed by atoms with Crippen LogP contribution in [0.1, 0.15) is 31.9 Å². The number of amides is 2. The summed E-state index contributed by atoms with van der Waals surface area (Å²) in [6.45, 7) is 4.47. The lowest BCUT2D eigenvalue weighted by atomic mass is 10.1. The maximum absolute atomic E-state index is 13.0. The second kappa shape index (κ2) is 10.3. The van der Waals surface area contributed by atoms with E-state index >= 15 is 0 Å². The van der Waals surface area contributed by atoms with Crippen molar-refractivity contribution in [3.63, 3.8) is 0 Å². The van der Waals surface area contributed by atoms with Gasteiger partial charge in [0.05, 0.1) is 25.0 Å². The van der Waals surface area contributed by atoms with Crippen LogP contribution in [0.15, 0.2) is 60.7 Å². The van der Waals surface area contributed by atoms with Crippen LogP contribution < -0.4 is 9.64 Å². The maximum Gasteiger partial charge on any atom is 0.227 e. The Morgan fingerprint density at radius 1 is 1.03 bits per heavy atom. The monoisotopic (exact) mass is 446 g/mol. The molecule has 0 fully saturated rings. The molecule has 2 heterocycles. The Morgan fingerprint density at radius 3 is 2.48 bits per heavy atom. The Labute approximate surface area is 194 Å². The summed E-state index contributed by atoms with van der Waals surface area (Å²) in [7, 11) is 1.65. The summed E-state index contributed by atoms with van der Waals surface area (Å²) in [6.07, 6.45) is 1.25. The molecule has 33 heavy (non-hydrogen) atoms. The Morgan fingerprint density at radius 2 is 1.79 bits per heavy atom. The number of nitrogens with zero attached hydrogens (tertiary/aromatic N) is 4. The van der Waals surface area contributed by atoms with Crippen molar-refractivity contribution in [3.8, 4) is 17.0 Å². The summed E-state index contributed by atoms with van der Waals surface area (Å²) in [5.41, 5.74) is 3.78. The Kier molecular flexibility index (Phi) is 7.07. The summed E-state index contributed by atoms with van der Waals surface area (Å²) in [5.74, 6) is 0.784. The van der Waals surface area contributed by atoms with Crippen molar-refractivity contribution in [1.82, 2.24) is 14.7 Å². The van der Waals surface area contributed by atoms with Gasteiger partial charge in [-0.2, -0.15) is 5.10 Å². The number of anilines is 1. The van der Waals surface area contributed by atoms with E-state index < -0.39 is 0 Å². The van der Waals surface area contributed by atoms with Crippen molar-refractivity contribution in [1.29, 1.82) is 0 Å². The van der Waals surface area contributed by atoms with Gasteiger partial charge in [-0.15, -0.1) is 0 Å². The highest BCUT2D eigenvalue weighted by molar-refractivity contribution is 5.95. The molecule has 0 N–H and O–H groups in total. The number of methoxy groups -OCH3 is 1. The molecule has 3 aromatic rings. The van der Waals surface area contributed by atoms with E-state index in [2.05, 4.69) is 0 Å². The van der Waals surface area contributed by atoms with Gasteiger partial charge in [-0.3, -0.25) is 14.3 Å². The molecule has 1 aliphatic heterocycles. The first-order chi connectivity index (χ1) is 16.1. The Bertz CT molecular complexity index is 1090. The van der Waals surface area contributed by atoms with E-state index in [1.54, 1.807) is 12.0 Å². The lowest BCUT2D eigenvalue weighted by Gasteiger charge is -2.23. The van der Waals surface area contributed by atoms with Crippen LogP contribution in [0.25, 0.3) is 11.3 Å². The number of carbonyl (C=O) groups excluding carboxylic acids is 2. The Hall–Kier alpha value is -3.61. The average Bonchev–Trinajstić information content (AvgIpc) is 3.15. The number of fused-ring (bicyclic) bond motifs is 1. The molecule has 1 aromatic heterocycles. The summed E-state index contributed by atoms with van der Waals surface area (Å²) in [5, 5.41) is 4.75. The molecule has 0 aliphatic carbocycles. The number of aryl methyl sites for hydroxylation is 1. The van der Waals surface area contributed by atoms with Crippen LogP contribution in [0.3, 0.4) is 0 Å². The van der Waals surface area contributed by atoms with Crippen LogP contribution in [-0.2, 0) is 22.7 Å². The number of hydrogen-bond donors (Lipinski definition) is 0. The van der Waals surface area contributed by atoms with E-state index in [1.165, 1.54) is 0 Å². The largest absolute Gasteiger partial charge is 0.497 e. The molecule has 0 radical (unpaired) electrons. The van der Waals surface area contributed by atoms with E-state index in [4.69, 9.17) is 9.84 Å². The SMILES string of the molecule is CCN(C(=O)CCC(=O)N1CCCn2nc(-c3ccc(OC)cc3)cc2C1)c1ccccc1. The molecule has 0 saturated heterocycles. The van der Waals surface area contributed by atoms with Crippen LogP contribution in [-0.4, -0.2) is 46.7 Å². The fourth-order valence-electron chi connectivity index (χ4n) is 4.20. The summed E-state index contributed by atoms with van der Waals surface area (Å²) in [4.78, 5) is 29.3. The maximum atomic E-state index is 13.0. The van der Waals surface area contributed by atoms with Gasteiger partial charge < -0.3 is 14.5 Å². The van der Waals surface area contributed by atoms with Gasteiger partial charge in [0.2, 0.25) is 11.8 Å². The van der Waals surface area contributed by atoms with Crippen molar-refractivity contribution in [2.45, 2.75) is 39.3 Å². The topological polar surface area (TPSA) is 67.7 Å². The highest BCUT2D eigenvalue weighted by atomic mass is 16.5. The predicted octanol–water partition coefficient (Wildman–Crippen LogP) is 4.12. The molecular weight excluding hydrogens is 416 g/mol. The highest BCUT2D eigenvalue weighted by Gasteiger charge is 2.23. The van der Waals surface area contributed by atoms with Crippen LogP contribution in [0.5, 0.6) is 5.75 Å². The molecule has 7 nitrogen and oxygen atoms in total. The first-order valence-electron chi connectivity index (χ1n) is 11.4. The van der Waals surface area contributed by atoms with Crippen molar-refractivity contribution in [2.75, 3.05) is 25.1 Å². The fraction of sp³-hybridized carbons (Fsp3) is 0.346. The van der Waals surface area contributed by atoms with Gasteiger partial charge >= 0.3 is 0 Å². The minimum Gasteiger partial charge on any atom is -0.497 e. The molecular formula is C26H30N4O3. The number of rotatable bonds is 7. The lowest BCUT2D eigenvalue weighted by Crippen LogP contribution is -2.34. The predicted molar refractivity (Wildman–Crippen MR) is 128 cm³/mol. The van der Waals surface area contributed by atoms with Gasteiger partial charge in [0.15, 0.2) is 0 Å². The molecule has 2 aromatic carbocycles. The minimum atomic E-state index is -0.0290. The van der Waals surface area contributed by atoms with Crippen LogP contribution in [0.4, 0.5) is 5.69 Å². The van der Waals surface area contributed by atoms with Crippen LogP contribution in [0, 0.1) is 0 Å². The molecule has 0 atom stereocenters. The zero-order chi connectivity index (χ0) is 23.2. The van der Waals surface area contributed by atoms with E-state index in [-0.39, 0.29) is 24.7 Å². The van der Waals surface area contributed by atoms with Gasteiger partial charge in [-0.25, -0.2) is 0 Å². The van der Waals surface area contributed by atoms with Crippen molar-refractivity contribution < 1.29 is 14.3 Å². The Balaban J connectivity index is 1.39. The zero-order valence-corrected chi connectivity index (χ0v) is 19.2. The van der Waals surface area contributed by atoms with Gasteiger partial charge in [0.1, 0.15) is 5.75 Å². The molecule has 172 valence electrons. The zero-order valence-electron chi connectivity index (χ0n) is 19.2. The third-order valence-electron chi connectivity index (χ3n) is 5.99. The van der Waals surface area contributed by atoms with Gasteiger partial charge in [-0.1, -0.05) is 18.2 Å². The number of benzene rings is 2. The normalized spacial score (nSPS) is 13.2. The smallest absolute Gasteiger partial charge is 0.227 e. The molecule has 0 bridgehead atoms. The second-order valence-corrected chi connectivity index (χ2v) is 8.11. The van der Waals surface area contributed by atoms with E-state index in [1.807, 2.05) is 77.2 Å². The van der Waals surface area contributed by atoms with E-state index in [0.29, 0.717) is 19.6 Å². The summed E-state index contributed by atoms with van der Waals surface area (Å²) < 4.78 is 7.23. The molecule has 0 saturated carbocycles. The van der Waals surface area contributed by atoms with Crippen molar-refractivity contribution >= 4 is 17.5 Å². The molecule has 0 spiro atoms. The third-order valence-corrected chi connectivity index (χ3v) is 5.99. The first-order valence-corrected chi connectivity index (χ1v) is 11.4. The standard InChI is InChI=1S/C26H30N4O3/c1-3-29(21-8-5-4-6-9-21)26(32)15-14-25(31)28-16-7-17-30-22(19-28)18-24(27-30)20-10-12-23(33-2)13-11-20/h4-6,8-13,18H,3,7,14-17,19H2,1-2H3. The van der Waals surface area contributed by atoms with Gasteiger partial charge in [0, 0.05) is 43.7 Å². The number of aromatic nitrogens is 2. The third kappa shape index (κ3) is 5.25. The van der Waals surface area contributed by atoms with Crippen molar-refractivity contribution in [2.24, 2.45) is 0 Å². The molecule has 4 rings (SSSR count). The van der Waals surface area contributed by atoms with E-state index in [0.717, 1.165) is 41.4 Å². The number of ether oxygens (including phenoxy) is 1. The fourth-order valence-corrected chi connectivity index (χ4v) is 4.20. The summed E-state index contributed by atoms with van der Waals surface area (Å²) in [6, 6.07) is 19.4. The average molecular weight is 447 g/mol. The number of carbonyl (C=O) groups is 2. The van der Waals surface area contributed by atoms with Crippen LogP contribution >= 0.6 is 0 Å². The van der Waals surface area contributed by atoms with E-state index in [9.17, 15) is 9.59 Å². The lowest BCUT2D eigenvalue weighted by molar-refractivity contribution is -0.133. The second-order valence-electron chi connectivity index (χ2n) is 8.11. The number of hydrogen-bond acceptors (Lipinski definition) is 4. The van der Waals surface area contributed by atoms with Crippen LogP contribution in [0.2, 0.25) is 0 Å². The van der Waals surface area contributed by atoms with Gasteiger partial charge in [-0.05, 0) is 55.8 Å². The minimum absolute atomic E-state index is 0.00751. The first kappa shape index (κ1) is 22.6. The highest BCUT2D eigenvalue weighted by Crippen LogP contribution is 2.24. The molecule has 2 amide bonds. The molecule has 7 heteroatoms. The van der Waals surface area contributed by atoms with Crippen molar-refractivity contribution in [3.05, 3.63) is 66.4 Å². The molecule has 0 unspecified atom stereocenters.